The van der Waals surface area contributed by atoms with Crippen LogP contribution in [0.4, 0.5) is 10.8 Å². The second-order valence-electron chi connectivity index (χ2n) is 6.36. The summed E-state index contributed by atoms with van der Waals surface area (Å²) in [6, 6.07) is 12.3. The molecule has 0 saturated heterocycles. The van der Waals surface area contributed by atoms with Crippen molar-refractivity contribution in [1.82, 2.24) is 10.3 Å². The monoisotopic (exact) mass is 459 g/mol. The van der Waals surface area contributed by atoms with Crippen LogP contribution in [0.15, 0.2) is 63.5 Å². The molecule has 0 aliphatic carbocycles. The van der Waals surface area contributed by atoms with Crippen molar-refractivity contribution in [3.63, 3.8) is 0 Å². The maximum Gasteiger partial charge on any atom is 0.373 e. The van der Waals surface area contributed by atoms with Crippen LogP contribution in [-0.4, -0.2) is 23.6 Å². The molecule has 0 bridgehead atoms. The smallest absolute Gasteiger partial charge is 0.373 e. The van der Waals surface area contributed by atoms with Gasteiger partial charge in [0.05, 0.1) is 15.9 Å². The van der Waals surface area contributed by atoms with Crippen LogP contribution in [-0.2, 0) is 10.0 Å². The number of nitrogens with one attached hydrogen (secondary N) is 1. The van der Waals surface area contributed by atoms with Crippen molar-refractivity contribution < 1.29 is 27.7 Å². The molecule has 0 spiro atoms. The lowest BCUT2D eigenvalue weighted by atomic mass is 10.1. The number of aryl methyl sites for hydroxylation is 1. The van der Waals surface area contributed by atoms with Crippen LogP contribution in [0.25, 0.3) is 16.9 Å². The molecule has 158 valence electrons. The highest BCUT2D eigenvalue weighted by Crippen LogP contribution is 2.28. The normalized spacial score (nSPS) is 11.4. The van der Waals surface area contributed by atoms with Crippen molar-refractivity contribution in [3.05, 3.63) is 69.6 Å². The number of non-ortho nitro benzene ring substituents is 1. The molecule has 0 fully saturated rings. The Labute approximate surface area is 179 Å². The molecule has 0 radical (unpaired) electrons. The van der Waals surface area contributed by atoms with Gasteiger partial charge in [-0.15, -0.1) is 11.3 Å². The van der Waals surface area contributed by atoms with Gasteiger partial charge in [-0.3, -0.25) is 10.1 Å². The summed E-state index contributed by atoms with van der Waals surface area (Å²) in [6.07, 6.45) is 0. The molecule has 4 rings (SSSR count). The van der Waals surface area contributed by atoms with Crippen LogP contribution >= 0.6 is 11.3 Å². The molecule has 31 heavy (non-hydrogen) atoms. The van der Waals surface area contributed by atoms with E-state index in [1.54, 1.807) is 29.6 Å². The molecule has 0 aliphatic heterocycles. The largest absolute Gasteiger partial charge is 0.538 e. The number of hydrogen-bond acceptors (Lipinski definition) is 9. The number of nitro benzene ring substituents is 1. The highest BCUT2D eigenvalue weighted by molar-refractivity contribution is 7.92. The van der Waals surface area contributed by atoms with E-state index in [-0.39, 0.29) is 10.8 Å². The van der Waals surface area contributed by atoms with Crippen molar-refractivity contribution in [1.29, 1.82) is 0 Å². The summed E-state index contributed by atoms with van der Waals surface area (Å²) in [5, 5.41) is 27.3. The SMILES string of the molecule is Cc1ccc(-[n+]2noc([O-])c2S(=O)(=O)Nc2nc(-c3ccc([N+](=O)[O-])cc3)cs2)cc1. The second kappa shape index (κ2) is 7.77. The van der Waals surface area contributed by atoms with E-state index in [0.29, 0.717) is 16.9 Å². The number of hydrogen-bond donors (Lipinski definition) is 1. The maximum absolute atomic E-state index is 12.9. The molecule has 4 aromatic rings. The van der Waals surface area contributed by atoms with E-state index in [1.807, 2.05) is 6.92 Å². The molecule has 2 aromatic carbocycles. The van der Waals surface area contributed by atoms with E-state index >= 15 is 0 Å². The summed E-state index contributed by atoms with van der Waals surface area (Å²) in [5.41, 5.74) is 2.19. The van der Waals surface area contributed by atoms with E-state index in [9.17, 15) is 23.6 Å². The first-order valence-electron chi connectivity index (χ1n) is 8.64. The Bertz CT molecular complexity index is 1360. The van der Waals surface area contributed by atoms with E-state index in [4.69, 9.17) is 0 Å². The Hall–Kier alpha value is -3.84. The van der Waals surface area contributed by atoms with E-state index in [2.05, 4.69) is 19.5 Å². The molecule has 0 aliphatic rings. The Morgan fingerprint density at radius 3 is 2.45 bits per heavy atom. The number of benzene rings is 2. The van der Waals surface area contributed by atoms with Gasteiger partial charge < -0.3 is 9.63 Å². The third kappa shape index (κ3) is 4.08. The van der Waals surface area contributed by atoms with Gasteiger partial charge in [-0.25, -0.2) is 9.71 Å². The zero-order chi connectivity index (χ0) is 22.2. The molecule has 1 N–H and O–H groups in total. The number of aromatic nitrogens is 3. The van der Waals surface area contributed by atoms with Gasteiger partial charge in [0.25, 0.3) is 5.69 Å². The molecule has 0 saturated carbocycles. The predicted molar refractivity (Wildman–Crippen MR) is 107 cm³/mol. The average molecular weight is 459 g/mol. The zero-order valence-corrected chi connectivity index (χ0v) is 17.4. The lowest BCUT2D eigenvalue weighted by Gasteiger charge is -2.02. The standard InChI is InChI=1S/C18H13N5O6S2/c1-11-2-6-13(7-3-11)22-16(17(24)29-21-22)31(27,28)20-18-19-15(10-30-18)12-4-8-14(9-5-12)23(25)26/h2-10H,1H3,(H-,19,20,21,24). The number of anilines is 1. The van der Waals surface area contributed by atoms with Gasteiger partial charge in [0.15, 0.2) is 11.1 Å². The van der Waals surface area contributed by atoms with Crippen LogP contribution in [0, 0.1) is 17.0 Å². The summed E-state index contributed by atoms with van der Waals surface area (Å²) >= 11 is 0.991. The lowest BCUT2D eigenvalue weighted by molar-refractivity contribution is -0.706. The van der Waals surface area contributed by atoms with Crippen LogP contribution in [0.1, 0.15) is 5.56 Å². The van der Waals surface area contributed by atoms with Crippen molar-refractivity contribution >= 4 is 32.2 Å². The minimum absolute atomic E-state index is 0.00408. The Balaban J connectivity index is 1.63. The first-order chi connectivity index (χ1) is 14.7. The Morgan fingerprint density at radius 1 is 1.13 bits per heavy atom. The van der Waals surface area contributed by atoms with Crippen LogP contribution < -0.4 is 14.5 Å². The second-order valence-corrected chi connectivity index (χ2v) is 8.82. The number of rotatable bonds is 6. The van der Waals surface area contributed by atoms with Gasteiger partial charge in [-0.2, -0.15) is 8.42 Å². The molecule has 0 atom stereocenters. The minimum Gasteiger partial charge on any atom is -0.538 e. The first-order valence-corrected chi connectivity index (χ1v) is 11.0. The molecule has 13 heteroatoms. The summed E-state index contributed by atoms with van der Waals surface area (Å²) in [5.74, 6) is -1.12. The molecule has 0 amide bonds. The fourth-order valence-corrected chi connectivity index (χ4v) is 4.76. The van der Waals surface area contributed by atoms with Crippen molar-refractivity contribution in [2.45, 2.75) is 11.9 Å². The summed E-state index contributed by atoms with van der Waals surface area (Å²) in [7, 11) is -4.37. The number of nitrogens with zero attached hydrogens (tertiary/aromatic N) is 4. The average Bonchev–Trinajstić information content (AvgIpc) is 3.35. The van der Waals surface area contributed by atoms with Crippen molar-refractivity contribution in [2.75, 3.05) is 4.72 Å². The third-order valence-electron chi connectivity index (χ3n) is 4.21. The quantitative estimate of drug-likeness (QED) is 0.261. The van der Waals surface area contributed by atoms with Gasteiger partial charge in [0.1, 0.15) is 0 Å². The Kier molecular flexibility index (Phi) is 5.12. The minimum atomic E-state index is -4.37. The van der Waals surface area contributed by atoms with Crippen molar-refractivity contribution in [2.24, 2.45) is 0 Å². The molecular weight excluding hydrogens is 446 g/mol. The van der Waals surface area contributed by atoms with Crippen LogP contribution in [0.5, 0.6) is 5.95 Å². The Morgan fingerprint density at radius 2 is 1.81 bits per heavy atom. The number of thiazole rings is 1. The molecule has 11 nitrogen and oxygen atoms in total. The summed E-state index contributed by atoms with van der Waals surface area (Å²) in [4.78, 5) is 14.4. The molecule has 2 aromatic heterocycles. The van der Waals surface area contributed by atoms with E-state index in [0.717, 1.165) is 21.6 Å². The highest BCUT2D eigenvalue weighted by Gasteiger charge is 2.34. The molecule has 2 heterocycles. The van der Waals surface area contributed by atoms with Crippen LogP contribution in [0.3, 0.4) is 0 Å². The summed E-state index contributed by atoms with van der Waals surface area (Å²) < 4.78 is 33.5. The first kappa shape index (κ1) is 20.4. The van der Waals surface area contributed by atoms with E-state index < -0.39 is 25.9 Å². The molecule has 0 unspecified atom stereocenters. The van der Waals surface area contributed by atoms with Crippen LogP contribution in [0.2, 0.25) is 0 Å². The van der Waals surface area contributed by atoms with Gasteiger partial charge in [0, 0.05) is 35.2 Å². The van der Waals surface area contributed by atoms with Gasteiger partial charge >= 0.3 is 15.0 Å². The summed E-state index contributed by atoms with van der Waals surface area (Å²) in [6.45, 7) is 1.86. The van der Waals surface area contributed by atoms with Gasteiger partial charge in [0.2, 0.25) is 5.69 Å². The van der Waals surface area contributed by atoms with Gasteiger partial charge in [-0.1, -0.05) is 17.7 Å². The number of nitro groups is 1. The van der Waals surface area contributed by atoms with Gasteiger partial charge in [-0.05, 0) is 23.7 Å². The predicted octanol–water partition coefficient (Wildman–Crippen LogP) is 2.17. The lowest BCUT2D eigenvalue weighted by Crippen LogP contribution is -2.40. The van der Waals surface area contributed by atoms with E-state index in [1.165, 1.54) is 24.3 Å². The number of sulfonamides is 1. The fourth-order valence-electron chi connectivity index (χ4n) is 2.68. The maximum atomic E-state index is 12.9. The van der Waals surface area contributed by atoms with Crippen molar-refractivity contribution in [3.8, 4) is 22.9 Å². The zero-order valence-electron chi connectivity index (χ0n) is 15.8. The third-order valence-corrected chi connectivity index (χ3v) is 6.40. The fraction of sp³-hybridized carbons (Fsp3) is 0.0556. The highest BCUT2D eigenvalue weighted by atomic mass is 32.2. The topological polar surface area (TPSA) is 155 Å². The molecular formula is C18H13N5O6S2.